The maximum absolute atomic E-state index is 11.4. The summed E-state index contributed by atoms with van der Waals surface area (Å²) in [5.41, 5.74) is 0. The molecule has 7 heteroatoms. The number of esters is 1. The molecule has 1 heterocycles. The quantitative estimate of drug-likeness (QED) is 0.427. The Bertz CT molecular complexity index is 265. The lowest BCUT2D eigenvalue weighted by Gasteiger charge is -2.39. The molecule has 0 aromatic rings. The molecular formula is C10H18O7. The summed E-state index contributed by atoms with van der Waals surface area (Å²) in [5, 5.41) is 37.3. The molecule has 0 bridgehead atoms. The van der Waals surface area contributed by atoms with Crippen molar-refractivity contribution in [1.29, 1.82) is 0 Å². The molecule has 5 atom stereocenters. The number of carbonyl (C=O) groups excluding carboxylic acids is 1. The Hall–Kier alpha value is -0.730. The third-order valence-electron chi connectivity index (χ3n) is 2.56. The van der Waals surface area contributed by atoms with Crippen molar-refractivity contribution in [3.8, 4) is 0 Å². The maximum atomic E-state index is 11.4. The monoisotopic (exact) mass is 250 g/mol. The SMILES string of the molecule is CC(C)C(=O)O[C@H]1[C@H](O)[C@@H](O)[C@H](O)O[C@@H]1CO. The van der Waals surface area contributed by atoms with Crippen LogP contribution in [-0.2, 0) is 14.3 Å². The van der Waals surface area contributed by atoms with Crippen LogP contribution in [0.4, 0.5) is 0 Å². The number of carbonyl (C=O) groups is 1. The van der Waals surface area contributed by atoms with Crippen LogP contribution in [0.1, 0.15) is 13.8 Å². The molecule has 1 aliphatic rings. The molecule has 1 fully saturated rings. The molecule has 0 aliphatic carbocycles. The molecule has 17 heavy (non-hydrogen) atoms. The van der Waals surface area contributed by atoms with Crippen LogP contribution in [0.3, 0.4) is 0 Å². The van der Waals surface area contributed by atoms with Gasteiger partial charge in [-0.05, 0) is 0 Å². The van der Waals surface area contributed by atoms with E-state index in [0.717, 1.165) is 0 Å². The van der Waals surface area contributed by atoms with Gasteiger partial charge in [0.05, 0.1) is 12.5 Å². The first-order chi connectivity index (χ1) is 7.88. The summed E-state index contributed by atoms with van der Waals surface area (Å²) in [7, 11) is 0. The zero-order chi connectivity index (χ0) is 13.2. The van der Waals surface area contributed by atoms with E-state index in [4.69, 9.17) is 14.6 Å². The minimum atomic E-state index is -1.61. The van der Waals surface area contributed by atoms with Gasteiger partial charge < -0.3 is 29.9 Å². The highest BCUT2D eigenvalue weighted by molar-refractivity contribution is 5.71. The highest BCUT2D eigenvalue weighted by Gasteiger charge is 2.46. The van der Waals surface area contributed by atoms with Crippen LogP contribution in [0.15, 0.2) is 0 Å². The van der Waals surface area contributed by atoms with Crippen LogP contribution in [0, 0.1) is 5.92 Å². The summed E-state index contributed by atoms with van der Waals surface area (Å²) >= 11 is 0. The minimum Gasteiger partial charge on any atom is -0.456 e. The topological polar surface area (TPSA) is 116 Å². The van der Waals surface area contributed by atoms with E-state index in [1.54, 1.807) is 13.8 Å². The fourth-order valence-electron chi connectivity index (χ4n) is 1.48. The van der Waals surface area contributed by atoms with Crippen LogP contribution < -0.4 is 0 Å². The van der Waals surface area contributed by atoms with Gasteiger partial charge in [0, 0.05) is 0 Å². The van der Waals surface area contributed by atoms with Crippen molar-refractivity contribution in [2.24, 2.45) is 5.92 Å². The molecule has 0 aromatic heterocycles. The molecule has 0 amide bonds. The van der Waals surface area contributed by atoms with Crippen LogP contribution in [0.5, 0.6) is 0 Å². The summed E-state index contributed by atoms with van der Waals surface area (Å²) in [5.74, 6) is -0.995. The van der Waals surface area contributed by atoms with Crippen molar-refractivity contribution in [2.45, 2.75) is 44.6 Å². The second-order valence-corrected chi connectivity index (χ2v) is 4.29. The van der Waals surface area contributed by atoms with Crippen molar-refractivity contribution in [1.82, 2.24) is 0 Å². The Morgan fingerprint density at radius 1 is 1.29 bits per heavy atom. The fraction of sp³-hybridized carbons (Fsp3) is 0.900. The van der Waals surface area contributed by atoms with Crippen molar-refractivity contribution in [2.75, 3.05) is 6.61 Å². The van der Waals surface area contributed by atoms with E-state index < -0.39 is 49.2 Å². The first kappa shape index (κ1) is 14.3. The van der Waals surface area contributed by atoms with E-state index in [0.29, 0.717) is 0 Å². The van der Waals surface area contributed by atoms with E-state index in [1.165, 1.54) is 0 Å². The van der Waals surface area contributed by atoms with E-state index in [1.807, 2.05) is 0 Å². The van der Waals surface area contributed by atoms with E-state index in [-0.39, 0.29) is 0 Å². The number of hydrogen-bond acceptors (Lipinski definition) is 7. The highest BCUT2D eigenvalue weighted by atomic mass is 16.7. The van der Waals surface area contributed by atoms with Crippen LogP contribution in [0.25, 0.3) is 0 Å². The van der Waals surface area contributed by atoms with Crippen molar-refractivity contribution < 1.29 is 34.7 Å². The van der Waals surface area contributed by atoms with Gasteiger partial charge in [-0.2, -0.15) is 0 Å². The molecule has 4 N–H and O–H groups in total. The Morgan fingerprint density at radius 2 is 1.88 bits per heavy atom. The predicted molar refractivity (Wildman–Crippen MR) is 54.7 cm³/mol. The van der Waals surface area contributed by atoms with Crippen molar-refractivity contribution in [3.63, 3.8) is 0 Å². The normalized spacial score (nSPS) is 38.2. The van der Waals surface area contributed by atoms with Gasteiger partial charge in [-0.15, -0.1) is 0 Å². The third-order valence-corrected chi connectivity index (χ3v) is 2.56. The molecule has 1 rings (SSSR count). The Balaban J connectivity index is 2.75. The molecule has 0 saturated carbocycles. The fourth-order valence-corrected chi connectivity index (χ4v) is 1.48. The molecule has 1 saturated heterocycles. The molecule has 0 unspecified atom stereocenters. The summed E-state index contributed by atoms with van der Waals surface area (Å²) in [6.07, 6.45) is -6.96. The zero-order valence-corrected chi connectivity index (χ0v) is 9.68. The first-order valence-electron chi connectivity index (χ1n) is 5.39. The number of hydrogen-bond donors (Lipinski definition) is 4. The van der Waals surface area contributed by atoms with E-state index in [2.05, 4.69) is 0 Å². The Morgan fingerprint density at radius 3 is 2.35 bits per heavy atom. The number of aliphatic hydroxyl groups excluding tert-OH is 4. The van der Waals surface area contributed by atoms with Gasteiger partial charge in [0.15, 0.2) is 12.4 Å². The molecule has 0 aromatic carbocycles. The highest BCUT2D eigenvalue weighted by Crippen LogP contribution is 2.23. The smallest absolute Gasteiger partial charge is 0.308 e. The second-order valence-electron chi connectivity index (χ2n) is 4.29. The standard InChI is InChI=1S/C10H18O7/c1-4(2)9(14)17-8-5(3-11)16-10(15)7(13)6(8)12/h4-8,10-13,15H,3H2,1-2H3/t5-,6-,7-,8-,10-/m1/s1. The van der Waals surface area contributed by atoms with Gasteiger partial charge in [0.1, 0.15) is 18.3 Å². The van der Waals surface area contributed by atoms with Gasteiger partial charge in [-0.25, -0.2) is 0 Å². The third kappa shape index (κ3) is 3.14. The number of aliphatic hydroxyl groups is 4. The second kappa shape index (κ2) is 5.74. The van der Waals surface area contributed by atoms with Crippen LogP contribution in [-0.4, -0.2) is 63.7 Å². The predicted octanol–water partition coefficient (Wildman–Crippen LogP) is -2.01. The number of ether oxygens (including phenoxy) is 2. The van der Waals surface area contributed by atoms with Gasteiger partial charge in [0.25, 0.3) is 0 Å². The maximum Gasteiger partial charge on any atom is 0.308 e. The van der Waals surface area contributed by atoms with Gasteiger partial charge in [-0.3, -0.25) is 4.79 Å². The lowest BCUT2D eigenvalue weighted by atomic mass is 9.99. The van der Waals surface area contributed by atoms with Crippen LogP contribution in [0.2, 0.25) is 0 Å². The summed E-state index contributed by atoms with van der Waals surface area (Å²) in [6, 6.07) is 0. The van der Waals surface area contributed by atoms with Crippen molar-refractivity contribution in [3.05, 3.63) is 0 Å². The zero-order valence-electron chi connectivity index (χ0n) is 9.68. The average molecular weight is 250 g/mol. The van der Waals surface area contributed by atoms with Gasteiger partial charge in [0.2, 0.25) is 0 Å². The number of rotatable bonds is 3. The minimum absolute atomic E-state index is 0.412. The first-order valence-corrected chi connectivity index (χ1v) is 5.39. The molecule has 0 radical (unpaired) electrons. The molecule has 7 nitrogen and oxygen atoms in total. The van der Waals surface area contributed by atoms with E-state index >= 15 is 0 Å². The molecule has 0 spiro atoms. The molecule has 1 aliphatic heterocycles. The lowest BCUT2D eigenvalue weighted by molar-refractivity contribution is -0.290. The van der Waals surface area contributed by atoms with Crippen LogP contribution >= 0.6 is 0 Å². The van der Waals surface area contributed by atoms with Gasteiger partial charge >= 0.3 is 5.97 Å². The summed E-state index contributed by atoms with van der Waals surface area (Å²) < 4.78 is 9.77. The van der Waals surface area contributed by atoms with E-state index in [9.17, 15) is 20.1 Å². The Labute approximate surface area is 98.6 Å². The van der Waals surface area contributed by atoms with Gasteiger partial charge in [-0.1, -0.05) is 13.8 Å². The van der Waals surface area contributed by atoms with Crippen molar-refractivity contribution >= 4 is 5.97 Å². The summed E-state index contributed by atoms with van der Waals surface area (Å²) in [4.78, 5) is 11.4. The average Bonchev–Trinajstić information content (AvgIpc) is 2.29. The summed E-state index contributed by atoms with van der Waals surface area (Å²) in [6.45, 7) is 2.67. The molecule has 100 valence electrons. The largest absolute Gasteiger partial charge is 0.456 e. The Kier molecular flexibility index (Phi) is 4.84. The lowest BCUT2D eigenvalue weighted by Crippen LogP contribution is -2.60. The molecular weight excluding hydrogens is 232 g/mol.